The number of carbonyl (C=O) groups excluding carboxylic acids is 2. The van der Waals surface area contributed by atoms with Crippen molar-refractivity contribution in [3.8, 4) is 0 Å². The number of amides is 2. The fraction of sp³-hybridized carbons (Fsp3) is 0.500. The Labute approximate surface area is 184 Å². The molecule has 0 spiro atoms. The van der Waals surface area contributed by atoms with Crippen LogP contribution in [0.2, 0.25) is 0 Å². The molecule has 1 saturated heterocycles. The Morgan fingerprint density at radius 3 is 2.16 bits per heavy atom. The van der Waals surface area contributed by atoms with Gasteiger partial charge in [0.15, 0.2) is 9.84 Å². The normalized spacial score (nSPS) is 14.5. The highest BCUT2D eigenvalue weighted by Crippen LogP contribution is 2.12. The van der Waals surface area contributed by atoms with Crippen molar-refractivity contribution in [3.63, 3.8) is 0 Å². The van der Waals surface area contributed by atoms with E-state index in [0.717, 1.165) is 6.42 Å². The highest BCUT2D eigenvalue weighted by molar-refractivity contribution is 7.91. The van der Waals surface area contributed by atoms with E-state index in [-0.39, 0.29) is 37.0 Å². The van der Waals surface area contributed by atoms with Crippen molar-refractivity contribution in [3.05, 3.63) is 42.2 Å². The van der Waals surface area contributed by atoms with Crippen molar-refractivity contribution in [1.29, 1.82) is 0 Å². The third-order valence-corrected chi connectivity index (χ3v) is 5.60. The minimum atomic E-state index is -3.05. The molecule has 6 N–H and O–H groups in total. The number of carbonyl (C=O) groups is 2. The lowest BCUT2D eigenvalue weighted by Gasteiger charge is -2.26. The fourth-order valence-corrected chi connectivity index (χ4v) is 3.50. The molecule has 0 saturated carbocycles. The largest absolute Gasteiger partial charge is 0.403 e. The van der Waals surface area contributed by atoms with E-state index in [9.17, 15) is 18.0 Å². The molecule has 0 unspecified atom stereocenters. The molecule has 0 bridgehead atoms. The highest BCUT2D eigenvalue weighted by Gasteiger charge is 2.25. The van der Waals surface area contributed by atoms with Gasteiger partial charge < -0.3 is 21.1 Å². The molecule has 1 heterocycles. The molecular formula is C20H35N5O5S. The number of nitrogens with two attached hydrogens (primary N) is 2. The molecule has 1 aromatic carbocycles. The number of hydrogen-bond donors (Lipinski definition) is 4. The first-order valence-electron chi connectivity index (χ1n) is 10.1. The second kappa shape index (κ2) is 15.2. The SMILES string of the molecule is CC.CCCO.N/C=C\N(N)c1ccc(C(=O)NCC(=O)N2CCS(=O)(=O)CC2)cc1. The number of sulfone groups is 1. The summed E-state index contributed by atoms with van der Waals surface area (Å²) in [4.78, 5) is 25.6. The standard InChI is InChI=1S/C15H21N5O4S.C3H8O.C2H6/c16-5-6-20(17)13-3-1-12(2-4-13)15(22)18-11-14(21)19-7-9-25(23,24)10-8-19;1-2-3-4;1-2/h1-6H,7-11,16-17H2,(H,18,22);4H,2-3H2,1H3;1-2H3/b6-5-;;. The number of hydrazine groups is 1. The Morgan fingerprint density at radius 2 is 1.71 bits per heavy atom. The molecular weight excluding hydrogens is 422 g/mol. The van der Waals surface area contributed by atoms with Gasteiger partial charge in [-0.05, 0) is 30.7 Å². The van der Waals surface area contributed by atoms with Gasteiger partial charge in [0.2, 0.25) is 5.91 Å². The summed E-state index contributed by atoms with van der Waals surface area (Å²) in [7, 11) is -3.05. The van der Waals surface area contributed by atoms with E-state index in [0.29, 0.717) is 17.9 Å². The van der Waals surface area contributed by atoms with Crippen LogP contribution in [0.25, 0.3) is 0 Å². The van der Waals surface area contributed by atoms with Crippen LogP contribution >= 0.6 is 0 Å². The number of hydrogen-bond acceptors (Lipinski definition) is 8. The number of benzene rings is 1. The zero-order valence-electron chi connectivity index (χ0n) is 18.5. The van der Waals surface area contributed by atoms with Gasteiger partial charge in [0.05, 0.1) is 23.7 Å². The van der Waals surface area contributed by atoms with Crippen LogP contribution in [0.3, 0.4) is 0 Å². The van der Waals surface area contributed by atoms with Crippen molar-refractivity contribution in [2.75, 3.05) is 42.8 Å². The molecule has 2 amide bonds. The second-order valence-corrected chi connectivity index (χ2v) is 8.54. The number of aliphatic hydroxyl groups is 1. The maximum Gasteiger partial charge on any atom is 0.251 e. The van der Waals surface area contributed by atoms with Crippen LogP contribution in [0.5, 0.6) is 0 Å². The van der Waals surface area contributed by atoms with Gasteiger partial charge in [-0.25, -0.2) is 14.3 Å². The van der Waals surface area contributed by atoms with Gasteiger partial charge in [0, 0.05) is 37.7 Å². The summed E-state index contributed by atoms with van der Waals surface area (Å²) in [6.45, 7) is 6.39. The number of nitrogens with zero attached hydrogens (tertiary/aromatic N) is 2. The molecule has 2 rings (SSSR count). The third kappa shape index (κ3) is 10.8. The summed E-state index contributed by atoms with van der Waals surface area (Å²) in [6, 6.07) is 6.44. The Morgan fingerprint density at radius 1 is 1.19 bits per heavy atom. The van der Waals surface area contributed by atoms with Crippen LogP contribution in [-0.2, 0) is 14.6 Å². The Hall–Kier alpha value is -2.63. The maximum atomic E-state index is 12.1. The first-order chi connectivity index (χ1) is 14.7. The van der Waals surface area contributed by atoms with E-state index < -0.39 is 15.7 Å². The van der Waals surface area contributed by atoms with Crippen LogP contribution in [0.15, 0.2) is 36.7 Å². The summed E-state index contributed by atoms with van der Waals surface area (Å²) >= 11 is 0. The molecule has 0 aromatic heterocycles. The van der Waals surface area contributed by atoms with Gasteiger partial charge in [-0.3, -0.25) is 14.6 Å². The van der Waals surface area contributed by atoms with Crippen molar-refractivity contribution >= 4 is 27.3 Å². The molecule has 0 aliphatic carbocycles. The predicted octanol–water partition coefficient (Wildman–Crippen LogP) is 0.198. The monoisotopic (exact) mass is 457 g/mol. The first kappa shape index (κ1) is 28.4. The van der Waals surface area contributed by atoms with Gasteiger partial charge in [0.1, 0.15) is 0 Å². The van der Waals surface area contributed by atoms with Gasteiger partial charge in [-0.15, -0.1) is 0 Å². The maximum absolute atomic E-state index is 12.1. The van der Waals surface area contributed by atoms with Crippen LogP contribution < -0.4 is 21.9 Å². The van der Waals surface area contributed by atoms with Crippen LogP contribution in [-0.4, -0.2) is 68.0 Å². The van der Waals surface area contributed by atoms with Crippen LogP contribution in [0.1, 0.15) is 37.6 Å². The molecule has 11 heteroatoms. The molecule has 1 fully saturated rings. The molecule has 31 heavy (non-hydrogen) atoms. The number of nitrogens with one attached hydrogen (secondary N) is 1. The van der Waals surface area contributed by atoms with E-state index in [1.807, 2.05) is 20.8 Å². The average molecular weight is 458 g/mol. The van der Waals surface area contributed by atoms with E-state index in [1.54, 1.807) is 24.3 Å². The topological polar surface area (TPSA) is 159 Å². The van der Waals surface area contributed by atoms with Crippen molar-refractivity contribution in [1.82, 2.24) is 10.2 Å². The Balaban J connectivity index is 0.00000134. The molecule has 0 atom stereocenters. The van der Waals surface area contributed by atoms with Crippen molar-refractivity contribution < 1.29 is 23.1 Å². The van der Waals surface area contributed by atoms with E-state index in [2.05, 4.69) is 5.32 Å². The lowest BCUT2D eigenvalue weighted by atomic mass is 10.2. The predicted molar refractivity (Wildman–Crippen MR) is 123 cm³/mol. The van der Waals surface area contributed by atoms with Crippen LogP contribution in [0, 0.1) is 0 Å². The zero-order valence-corrected chi connectivity index (χ0v) is 19.3. The molecule has 10 nitrogen and oxygen atoms in total. The van der Waals surface area contributed by atoms with Gasteiger partial charge in [0.25, 0.3) is 5.91 Å². The van der Waals surface area contributed by atoms with E-state index in [4.69, 9.17) is 16.7 Å². The van der Waals surface area contributed by atoms with Gasteiger partial charge >= 0.3 is 0 Å². The smallest absolute Gasteiger partial charge is 0.251 e. The second-order valence-electron chi connectivity index (χ2n) is 6.23. The summed E-state index contributed by atoms with van der Waals surface area (Å²) < 4.78 is 22.7. The molecule has 1 aromatic rings. The highest BCUT2D eigenvalue weighted by atomic mass is 32.2. The molecule has 176 valence electrons. The Bertz CT molecular complexity index is 781. The van der Waals surface area contributed by atoms with Crippen LogP contribution in [0.4, 0.5) is 5.69 Å². The van der Waals surface area contributed by atoms with Crippen molar-refractivity contribution in [2.24, 2.45) is 11.6 Å². The molecule has 0 radical (unpaired) electrons. The average Bonchev–Trinajstić information content (AvgIpc) is 2.79. The summed E-state index contributed by atoms with van der Waals surface area (Å²) in [5.41, 5.74) is 6.27. The molecule has 1 aliphatic heterocycles. The first-order valence-corrected chi connectivity index (χ1v) is 12.0. The van der Waals surface area contributed by atoms with Gasteiger partial charge in [-0.2, -0.15) is 0 Å². The zero-order chi connectivity index (χ0) is 23.9. The lowest BCUT2D eigenvalue weighted by Crippen LogP contribution is -2.47. The van der Waals surface area contributed by atoms with E-state index >= 15 is 0 Å². The molecule has 1 aliphatic rings. The Kier molecular flexibility index (Phi) is 13.9. The number of anilines is 1. The summed E-state index contributed by atoms with van der Waals surface area (Å²) in [5, 5.41) is 11.7. The number of aliphatic hydroxyl groups excluding tert-OH is 1. The minimum absolute atomic E-state index is 0.0407. The summed E-state index contributed by atoms with van der Waals surface area (Å²) in [6.07, 6.45) is 3.63. The fourth-order valence-electron chi connectivity index (χ4n) is 2.30. The lowest BCUT2D eigenvalue weighted by molar-refractivity contribution is -0.129. The minimum Gasteiger partial charge on any atom is -0.403 e. The quantitative estimate of drug-likeness (QED) is 0.348. The number of rotatable bonds is 6. The summed E-state index contributed by atoms with van der Waals surface area (Å²) in [5.74, 6) is 4.92. The third-order valence-electron chi connectivity index (χ3n) is 4.00. The van der Waals surface area contributed by atoms with Crippen molar-refractivity contribution in [2.45, 2.75) is 27.2 Å². The van der Waals surface area contributed by atoms with E-state index in [1.165, 1.54) is 22.3 Å². The van der Waals surface area contributed by atoms with Gasteiger partial charge in [-0.1, -0.05) is 20.8 Å².